The Labute approximate surface area is 470 Å². The average Bonchev–Trinajstić information content (AvgIpc) is 3.42. The van der Waals surface area contributed by atoms with E-state index >= 15 is 0 Å². The van der Waals surface area contributed by atoms with Gasteiger partial charge < -0.3 is 14.2 Å². The number of hydrogen-bond acceptors (Lipinski definition) is 6. The van der Waals surface area contributed by atoms with Crippen LogP contribution in [0, 0.1) is 0 Å². The zero-order valence-corrected chi connectivity index (χ0v) is 50.0. The molecular weight excluding hydrogens is 937 g/mol. The second kappa shape index (κ2) is 63.9. The molecule has 0 aliphatic rings. The Morgan fingerprint density at radius 3 is 0.803 bits per heavy atom. The summed E-state index contributed by atoms with van der Waals surface area (Å²) in [5.41, 5.74) is 0. The van der Waals surface area contributed by atoms with Crippen LogP contribution in [-0.4, -0.2) is 37.2 Å². The average molecular weight is 1060 g/mol. The summed E-state index contributed by atoms with van der Waals surface area (Å²) >= 11 is 0. The fourth-order valence-electron chi connectivity index (χ4n) is 9.07. The van der Waals surface area contributed by atoms with Gasteiger partial charge >= 0.3 is 17.9 Å². The summed E-state index contributed by atoms with van der Waals surface area (Å²) in [6.07, 6.45) is 86.0. The molecule has 1 unspecified atom stereocenters. The molecular formula is C70H120O6. The lowest BCUT2D eigenvalue weighted by atomic mass is 10.0. The standard InChI is InChI=1S/C70H120O6/c1-4-7-10-13-16-19-21-23-25-26-27-28-29-30-31-32-33-34-35-36-37-38-39-40-41-42-43-44-46-47-49-51-54-57-60-63-69(72)75-66-67(65-74-68(71)62-59-56-53-18-15-12-9-6-3)76-70(73)64-61-58-55-52-50-48-45-24-22-20-17-14-11-8-5-2/h7-8,10-11,16-17,19-20,23-25,27-28,30-31,45,67H,4-6,9,12-15,18,21-22,26,29,32-44,46-66H2,1-3H3/b10-7-,11-8-,19-16-,20-17-,25-23-,28-27-,31-30-,45-24-. The van der Waals surface area contributed by atoms with Crippen LogP contribution in [0.15, 0.2) is 97.2 Å². The predicted molar refractivity (Wildman–Crippen MR) is 330 cm³/mol. The summed E-state index contributed by atoms with van der Waals surface area (Å²) < 4.78 is 16.8. The van der Waals surface area contributed by atoms with Gasteiger partial charge in [0.1, 0.15) is 13.2 Å². The van der Waals surface area contributed by atoms with Gasteiger partial charge in [0.05, 0.1) is 0 Å². The number of carbonyl (C=O) groups excluding carboxylic acids is 3. The van der Waals surface area contributed by atoms with Gasteiger partial charge in [-0.3, -0.25) is 14.4 Å². The maximum atomic E-state index is 12.8. The number of rotatable bonds is 58. The third-order valence-electron chi connectivity index (χ3n) is 13.8. The molecule has 0 radical (unpaired) electrons. The SMILES string of the molecule is CC/C=C\C/C=C\C/C=C\C/C=C\C/C=C\CCCCCCCCCCCCCCCCCCCCCC(=O)OCC(COC(=O)CCCCCCCCCC)OC(=O)CCCCCCC/C=C\C/C=C\C/C=C\CC. The number of esters is 3. The molecule has 0 saturated carbocycles. The van der Waals surface area contributed by atoms with Crippen molar-refractivity contribution in [2.75, 3.05) is 13.2 Å². The van der Waals surface area contributed by atoms with Crippen LogP contribution in [0.1, 0.15) is 310 Å². The molecule has 0 amide bonds. The van der Waals surface area contributed by atoms with Crippen molar-refractivity contribution in [3.05, 3.63) is 97.2 Å². The van der Waals surface area contributed by atoms with Gasteiger partial charge in [0.2, 0.25) is 0 Å². The molecule has 0 saturated heterocycles. The normalized spacial score (nSPS) is 12.7. The van der Waals surface area contributed by atoms with E-state index in [1.807, 2.05) is 0 Å². The number of carbonyl (C=O) groups is 3. The van der Waals surface area contributed by atoms with E-state index < -0.39 is 6.10 Å². The lowest BCUT2D eigenvalue weighted by Crippen LogP contribution is -2.30. The van der Waals surface area contributed by atoms with E-state index in [-0.39, 0.29) is 31.1 Å². The minimum Gasteiger partial charge on any atom is -0.462 e. The minimum absolute atomic E-state index is 0.0802. The smallest absolute Gasteiger partial charge is 0.306 e. The summed E-state index contributed by atoms with van der Waals surface area (Å²) in [5, 5.41) is 0. The van der Waals surface area contributed by atoms with Crippen molar-refractivity contribution in [1.29, 1.82) is 0 Å². The lowest BCUT2D eigenvalue weighted by molar-refractivity contribution is -0.167. The van der Waals surface area contributed by atoms with Crippen LogP contribution >= 0.6 is 0 Å². The summed E-state index contributed by atoms with van der Waals surface area (Å²) in [6.45, 7) is 6.39. The quantitative estimate of drug-likeness (QED) is 0.0261. The zero-order chi connectivity index (χ0) is 55.0. The topological polar surface area (TPSA) is 78.9 Å². The van der Waals surface area contributed by atoms with Gasteiger partial charge in [-0.2, -0.15) is 0 Å². The van der Waals surface area contributed by atoms with Crippen molar-refractivity contribution in [1.82, 2.24) is 0 Å². The minimum atomic E-state index is -0.782. The number of unbranched alkanes of at least 4 members (excludes halogenated alkanes) is 31. The van der Waals surface area contributed by atoms with Crippen molar-refractivity contribution in [3.63, 3.8) is 0 Å². The highest BCUT2D eigenvalue weighted by molar-refractivity contribution is 5.71. The number of allylic oxidation sites excluding steroid dienone is 16. The van der Waals surface area contributed by atoms with Gasteiger partial charge in [0, 0.05) is 19.3 Å². The monoisotopic (exact) mass is 1060 g/mol. The molecule has 0 rings (SSSR count). The fraction of sp³-hybridized carbons (Fsp3) is 0.729. The van der Waals surface area contributed by atoms with Crippen LogP contribution in [0.3, 0.4) is 0 Å². The molecule has 0 fully saturated rings. The Morgan fingerprint density at radius 1 is 0.276 bits per heavy atom. The third kappa shape index (κ3) is 61.2. The molecule has 0 aliphatic heterocycles. The first-order valence-electron chi connectivity index (χ1n) is 32.2. The van der Waals surface area contributed by atoms with Crippen molar-refractivity contribution < 1.29 is 28.6 Å². The molecule has 0 aromatic rings. The maximum Gasteiger partial charge on any atom is 0.306 e. The second-order valence-electron chi connectivity index (χ2n) is 21.3. The predicted octanol–water partition coefficient (Wildman–Crippen LogP) is 22.0. The van der Waals surface area contributed by atoms with Crippen molar-refractivity contribution >= 4 is 17.9 Å². The van der Waals surface area contributed by atoms with E-state index in [0.29, 0.717) is 19.3 Å². The van der Waals surface area contributed by atoms with E-state index in [1.54, 1.807) is 0 Å². The Bertz CT molecular complexity index is 1490. The molecule has 0 heterocycles. The van der Waals surface area contributed by atoms with E-state index in [2.05, 4.69) is 118 Å². The van der Waals surface area contributed by atoms with E-state index in [0.717, 1.165) is 128 Å². The number of hydrogen-bond donors (Lipinski definition) is 0. The fourth-order valence-corrected chi connectivity index (χ4v) is 9.07. The molecule has 0 aromatic heterocycles. The lowest BCUT2D eigenvalue weighted by Gasteiger charge is -2.18. The maximum absolute atomic E-state index is 12.8. The van der Waals surface area contributed by atoms with Crippen molar-refractivity contribution in [2.45, 2.75) is 316 Å². The summed E-state index contributed by atoms with van der Waals surface area (Å²) in [6, 6.07) is 0. The van der Waals surface area contributed by atoms with E-state index in [4.69, 9.17) is 14.2 Å². The summed E-state index contributed by atoms with van der Waals surface area (Å²) in [4.78, 5) is 38.1. The van der Waals surface area contributed by atoms with Gasteiger partial charge in [-0.1, -0.05) is 291 Å². The van der Waals surface area contributed by atoms with Crippen LogP contribution in [0.2, 0.25) is 0 Å². The molecule has 0 aromatic carbocycles. The molecule has 6 heteroatoms. The highest BCUT2D eigenvalue weighted by Crippen LogP contribution is 2.17. The Kier molecular flexibility index (Phi) is 60.8. The summed E-state index contributed by atoms with van der Waals surface area (Å²) in [5.74, 6) is -0.892. The van der Waals surface area contributed by atoms with Gasteiger partial charge in [-0.25, -0.2) is 0 Å². The van der Waals surface area contributed by atoms with Gasteiger partial charge in [0.15, 0.2) is 6.10 Å². The first-order valence-corrected chi connectivity index (χ1v) is 32.2. The first-order chi connectivity index (χ1) is 37.5. The Morgan fingerprint density at radius 2 is 0.513 bits per heavy atom. The molecule has 76 heavy (non-hydrogen) atoms. The molecule has 6 nitrogen and oxygen atoms in total. The summed E-state index contributed by atoms with van der Waals surface area (Å²) in [7, 11) is 0. The van der Waals surface area contributed by atoms with Crippen LogP contribution in [-0.2, 0) is 28.6 Å². The van der Waals surface area contributed by atoms with Crippen molar-refractivity contribution in [2.24, 2.45) is 0 Å². The largest absolute Gasteiger partial charge is 0.462 e. The van der Waals surface area contributed by atoms with Gasteiger partial charge in [-0.15, -0.1) is 0 Å². The molecule has 0 spiro atoms. The van der Waals surface area contributed by atoms with Crippen LogP contribution < -0.4 is 0 Å². The van der Waals surface area contributed by atoms with Crippen molar-refractivity contribution in [3.8, 4) is 0 Å². The van der Waals surface area contributed by atoms with E-state index in [9.17, 15) is 14.4 Å². The van der Waals surface area contributed by atoms with E-state index in [1.165, 1.54) is 141 Å². The number of ether oxygens (including phenoxy) is 3. The molecule has 1 atom stereocenters. The molecule has 0 N–H and O–H groups in total. The van der Waals surface area contributed by atoms with Gasteiger partial charge in [0.25, 0.3) is 0 Å². The first kappa shape index (κ1) is 72.3. The van der Waals surface area contributed by atoms with Crippen LogP contribution in [0.5, 0.6) is 0 Å². The zero-order valence-electron chi connectivity index (χ0n) is 50.0. The molecule has 0 aliphatic carbocycles. The Balaban J connectivity index is 4.01. The van der Waals surface area contributed by atoms with Crippen LogP contribution in [0.25, 0.3) is 0 Å². The second-order valence-corrected chi connectivity index (χ2v) is 21.3. The Hall–Kier alpha value is -3.67. The molecule has 0 bridgehead atoms. The highest BCUT2D eigenvalue weighted by atomic mass is 16.6. The molecule has 436 valence electrons. The third-order valence-corrected chi connectivity index (χ3v) is 13.8. The van der Waals surface area contributed by atoms with Crippen LogP contribution in [0.4, 0.5) is 0 Å². The van der Waals surface area contributed by atoms with Gasteiger partial charge in [-0.05, 0) is 96.3 Å². The highest BCUT2D eigenvalue weighted by Gasteiger charge is 2.19.